The summed E-state index contributed by atoms with van der Waals surface area (Å²) in [5, 5.41) is 2.75. The van der Waals surface area contributed by atoms with Crippen molar-refractivity contribution >= 4 is 33.4 Å². The van der Waals surface area contributed by atoms with Crippen LogP contribution in [0.3, 0.4) is 0 Å². The Morgan fingerprint density at radius 1 is 0.958 bits per heavy atom. The smallest absolute Gasteiger partial charge is 0.291 e. The monoisotopic (exact) mass is 390 g/mol. The first-order valence-electron chi connectivity index (χ1n) is 8.09. The molecule has 3 rings (SSSR count). The van der Waals surface area contributed by atoms with E-state index in [0.29, 0.717) is 15.9 Å². The van der Waals surface area contributed by atoms with Gasteiger partial charge in [0.25, 0.3) is 11.8 Å². The van der Waals surface area contributed by atoms with Crippen LogP contribution in [0.2, 0.25) is 0 Å². The van der Waals surface area contributed by atoms with E-state index in [1.54, 1.807) is 36.4 Å². The molecule has 1 fully saturated rings. The fraction of sp³-hybridized carbons (Fsp3) is 0.333. The number of hydrogen-bond acceptors (Lipinski definition) is 3. The fourth-order valence-electron chi connectivity index (χ4n) is 2.78. The van der Waals surface area contributed by atoms with Gasteiger partial charge in [-0.25, -0.2) is 0 Å². The maximum atomic E-state index is 12.5. The Hall–Kier alpha value is -2.08. The third kappa shape index (κ3) is 4.06. The molecule has 5 nitrogen and oxygen atoms in total. The number of furan rings is 1. The number of amides is 2. The van der Waals surface area contributed by atoms with Crippen molar-refractivity contribution in [3.63, 3.8) is 0 Å². The first kappa shape index (κ1) is 16.8. The second-order valence-corrected chi connectivity index (χ2v) is 6.62. The Kier molecular flexibility index (Phi) is 5.35. The van der Waals surface area contributed by atoms with Gasteiger partial charge in [-0.15, -0.1) is 0 Å². The number of likely N-dealkylation sites (tertiary alicyclic amines) is 1. The summed E-state index contributed by atoms with van der Waals surface area (Å²) in [6, 6.07) is 10.2. The van der Waals surface area contributed by atoms with Crippen LogP contribution in [0.25, 0.3) is 0 Å². The lowest BCUT2D eigenvalue weighted by Gasteiger charge is -2.20. The number of nitrogens with zero attached hydrogens (tertiary/aromatic N) is 1. The Bertz CT molecular complexity index is 716. The molecule has 0 unspecified atom stereocenters. The number of rotatable bonds is 3. The molecule has 126 valence electrons. The minimum Gasteiger partial charge on any atom is -0.444 e. The summed E-state index contributed by atoms with van der Waals surface area (Å²) >= 11 is 3.17. The van der Waals surface area contributed by atoms with Crippen LogP contribution >= 0.6 is 15.9 Å². The second-order valence-electron chi connectivity index (χ2n) is 5.84. The van der Waals surface area contributed by atoms with Crippen LogP contribution in [-0.4, -0.2) is 29.8 Å². The minimum absolute atomic E-state index is 0.0599. The molecule has 2 heterocycles. The van der Waals surface area contributed by atoms with Crippen LogP contribution in [0, 0.1) is 0 Å². The summed E-state index contributed by atoms with van der Waals surface area (Å²) in [4.78, 5) is 26.5. The van der Waals surface area contributed by atoms with Gasteiger partial charge in [-0.05, 0) is 65.2 Å². The van der Waals surface area contributed by atoms with Crippen molar-refractivity contribution < 1.29 is 14.0 Å². The molecule has 0 spiro atoms. The Morgan fingerprint density at radius 2 is 1.62 bits per heavy atom. The zero-order valence-corrected chi connectivity index (χ0v) is 14.8. The maximum absolute atomic E-state index is 12.5. The average molecular weight is 391 g/mol. The Labute approximate surface area is 149 Å². The third-order valence-corrected chi connectivity index (χ3v) is 4.51. The van der Waals surface area contributed by atoms with E-state index in [1.165, 1.54) is 12.8 Å². The largest absolute Gasteiger partial charge is 0.444 e. The van der Waals surface area contributed by atoms with Crippen molar-refractivity contribution in [3.05, 3.63) is 52.4 Å². The van der Waals surface area contributed by atoms with Crippen molar-refractivity contribution in [3.8, 4) is 0 Å². The van der Waals surface area contributed by atoms with Crippen LogP contribution in [-0.2, 0) is 0 Å². The molecule has 1 saturated heterocycles. The Morgan fingerprint density at radius 3 is 2.21 bits per heavy atom. The highest BCUT2D eigenvalue weighted by Gasteiger charge is 2.17. The second kappa shape index (κ2) is 7.66. The number of halogens is 1. The SMILES string of the molecule is O=C(Nc1ccc(C(=O)N2CCCCCC2)cc1)c1ccc(Br)o1. The fourth-order valence-corrected chi connectivity index (χ4v) is 3.09. The van der Waals surface area contributed by atoms with Gasteiger partial charge in [0.05, 0.1) is 0 Å². The minimum atomic E-state index is -0.327. The van der Waals surface area contributed by atoms with Gasteiger partial charge < -0.3 is 14.6 Å². The van der Waals surface area contributed by atoms with E-state index in [0.717, 1.165) is 25.9 Å². The van der Waals surface area contributed by atoms with Gasteiger partial charge in [0.1, 0.15) is 0 Å². The molecule has 0 radical (unpaired) electrons. The van der Waals surface area contributed by atoms with Crippen molar-refractivity contribution in [2.24, 2.45) is 0 Å². The van der Waals surface area contributed by atoms with Gasteiger partial charge >= 0.3 is 0 Å². The molecule has 6 heteroatoms. The van der Waals surface area contributed by atoms with Gasteiger partial charge in [0.2, 0.25) is 0 Å². The molecule has 0 bridgehead atoms. The molecule has 1 aliphatic rings. The highest BCUT2D eigenvalue weighted by atomic mass is 79.9. The van der Waals surface area contributed by atoms with Crippen LogP contribution in [0.15, 0.2) is 45.5 Å². The van der Waals surface area contributed by atoms with Crippen molar-refractivity contribution in [1.29, 1.82) is 0 Å². The maximum Gasteiger partial charge on any atom is 0.291 e. The zero-order chi connectivity index (χ0) is 16.9. The third-order valence-electron chi connectivity index (χ3n) is 4.08. The summed E-state index contributed by atoms with van der Waals surface area (Å²) in [5.41, 5.74) is 1.27. The molecule has 1 aromatic heterocycles. The molecule has 0 saturated carbocycles. The number of carbonyl (C=O) groups excluding carboxylic acids is 2. The summed E-state index contributed by atoms with van der Waals surface area (Å²) in [6.07, 6.45) is 4.52. The van der Waals surface area contributed by atoms with E-state index >= 15 is 0 Å². The quantitative estimate of drug-likeness (QED) is 0.848. The summed E-state index contributed by atoms with van der Waals surface area (Å²) in [7, 11) is 0. The molecule has 1 aromatic carbocycles. The summed E-state index contributed by atoms with van der Waals surface area (Å²) in [5.74, 6) is -0.0383. The van der Waals surface area contributed by atoms with Crippen LogP contribution in [0.4, 0.5) is 5.69 Å². The van der Waals surface area contributed by atoms with E-state index in [2.05, 4.69) is 21.2 Å². The number of nitrogens with one attached hydrogen (secondary N) is 1. The predicted molar refractivity (Wildman–Crippen MR) is 95.2 cm³/mol. The van der Waals surface area contributed by atoms with Crippen molar-refractivity contribution in [2.75, 3.05) is 18.4 Å². The van der Waals surface area contributed by atoms with E-state index in [-0.39, 0.29) is 17.6 Å². The normalized spacial score (nSPS) is 15.0. The average Bonchev–Trinajstić information content (AvgIpc) is 2.85. The summed E-state index contributed by atoms with van der Waals surface area (Å²) in [6.45, 7) is 1.65. The lowest BCUT2D eigenvalue weighted by atomic mass is 10.1. The molecule has 1 N–H and O–H groups in total. The van der Waals surface area contributed by atoms with Gasteiger partial charge in [-0.3, -0.25) is 9.59 Å². The van der Waals surface area contributed by atoms with Crippen LogP contribution in [0.5, 0.6) is 0 Å². The number of hydrogen-bond donors (Lipinski definition) is 1. The molecule has 2 aromatic rings. The molecule has 1 aliphatic heterocycles. The Balaban J connectivity index is 1.64. The van der Waals surface area contributed by atoms with E-state index in [1.807, 2.05) is 4.90 Å². The number of anilines is 1. The van der Waals surface area contributed by atoms with E-state index < -0.39 is 0 Å². The molecule has 0 aliphatic carbocycles. The molecular formula is C18H19BrN2O3. The topological polar surface area (TPSA) is 62.6 Å². The zero-order valence-electron chi connectivity index (χ0n) is 13.3. The van der Waals surface area contributed by atoms with Gasteiger partial charge in [0, 0.05) is 24.3 Å². The van der Waals surface area contributed by atoms with E-state index in [9.17, 15) is 9.59 Å². The predicted octanol–water partition coefficient (Wildman–Crippen LogP) is 4.31. The first-order valence-corrected chi connectivity index (χ1v) is 8.89. The molecule has 2 amide bonds. The highest BCUT2D eigenvalue weighted by molar-refractivity contribution is 9.10. The number of carbonyl (C=O) groups is 2. The van der Waals surface area contributed by atoms with Gasteiger partial charge in [0.15, 0.2) is 10.4 Å². The first-order chi connectivity index (χ1) is 11.6. The summed E-state index contributed by atoms with van der Waals surface area (Å²) < 4.78 is 5.72. The van der Waals surface area contributed by atoms with Gasteiger partial charge in [-0.2, -0.15) is 0 Å². The number of benzene rings is 1. The molecular weight excluding hydrogens is 372 g/mol. The molecule has 24 heavy (non-hydrogen) atoms. The van der Waals surface area contributed by atoms with E-state index in [4.69, 9.17) is 4.42 Å². The standard InChI is InChI=1S/C18H19BrN2O3/c19-16-10-9-15(24-16)17(22)20-14-7-5-13(6-8-14)18(23)21-11-3-1-2-4-12-21/h5-10H,1-4,11-12H2,(H,20,22). The lowest BCUT2D eigenvalue weighted by Crippen LogP contribution is -2.31. The van der Waals surface area contributed by atoms with Crippen molar-refractivity contribution in [1.82, 2.24) is 4.90 Å². The highest BCUT2D eigenvalue weighted by Crippen LogP contribution is 2.18. The van der Waals surface area contributed by atoms with Crippen LogP contribution < -0.4 is 5.32 Å². The lowest BCUT2D eigenvalue weighted by molar-refractivity contribution is 0.0761. The van der Waals surface area contributed by atoms with Gasteiger partial charge in [-0.1, -0.05) is 12.8 Å². The molecule has 0 atom stereocenters. The van der Waals surface area contributed by atoms with Crippen LogP contribution in [0.1, 0.15) is 46.6 Å². The van der Waals surface area contributed by atoms with Crippen molar-refractivity contribution in [2.45, 2.75) is 25.7 Å².